The number of carbonyl (C=O) groups excluding carboxylic acids is 1. The molecule has 0 unspecified atom stereocenters. The molecule has 0 bridgehead atoms. The number of ketones is 1. The molecule has 1 heterocycles. The predicted octanol–water partition coefficient (Wildman–Crippen LogP) is -0.822. The van der Waals surface area contributed by atoms with Crippen molar-refractivity contribution in [3.05, 3.63) is 59.9 Å². The number of carbonyl (C=O) groups is 1. The molecule has 0 N–H and O–H groups in total. The molecule has 2 rings (SSSR count). The van der Waals surface area contributed by atoms with Crippen molar-refractivity contribution in [3.63, 3.8) is 0 Å². The lowest BCUT2D eigenvalue weighted by Gasteiger charge is -2.05. The Kier molecular flexibility index (Phi) is 5.70. The number of pyridine rings is 1. The number of aryl methyl sites for hydroxylation is 1. The summed E-state index contributed by atoms with van der Waals surface area (Å²) in [4.78, 5) is 12.2. The third-order valence-electron chi connectivity index (χ3n) is 2.89. The Morgan fingerprint density at radius 1 is 1.16 bits per heavy atom. The molecule has 0 radical (unpaired) electrons. The number of rotatable bonds is 4. The van der Waals surface area contributed by atoms with Crippen molar-refractivity contribution < 1.29 is 31.1 Å². The molecule has 4 heteroatoms. The van der Waals surface area contributed by atoms with Gasteiger partial charge >= 0.3 is 0 Å². The van der Waals surface area contributed by atoms with Gasteiger partial charge in [-0.1, -0.05) is 18.2 Å². The summed E-state index contributed by atoms with van der Waals surface area (Å²) >= 11 is 0. The summed E-state index contributed by atoms with van der Waals surface area (Å²) in [5.41, 5.74) is 1.68. The first-order valence-corrected chi connectivity index (χ1v) is 5.83. The van der Waals surface area contributed by atoms with Crippen molar-refractivity contribution in [2.24, 2.45) is 0 Å². The average Bonchev–Trinajstić information content (AvgIpc) is 2.41. The Hall–Kier alpha value is -1.68. The predicted molar refractivity (Wildman–Crippen MR) is 68.7 cm³/mol. The third-order valence-corrected chi connectivity index (χ3v) is 2.89. The summed E-state index contributed by atoms with van der Waals surface area (Å²) in [5.74, 6) is 0.670. The first-order valence-electron chi connectivity index (χ1n) is 5.83. The van der Waals surface area contributed by atoms with Gasteiger partial charge in [0.1, 0.15) is 5.75 Å². The van der Waals surface area contributed by atoms with Gasteiger partial charge in [-0.05, 0) is 12.1 Å². The van der Waals surface area contributed by atoms with Gasteiger partial charge in [0.2, 0.25) is 12.3 Å². The summed E-state index contributed by atoms with van der Waals surface area (Å²) < 4.78 is 7.13. The Morgan fingerprint density at radius 3 is 2.53 bits per heavy atom. The number of benzene rings is 1. The van der Waals surface area contributed by atoms with Crippen molar-refractivity contribution in [2.45, 2.75) is 13.5 Å². The zero-order valence-corrected chi connectivity index (χ0v) is 12.6. The highest BCUT2D eigenvalue weighted by Gasteiger charge is 2.17. The smallest absolute Gasteiger partial charge is 0.231 e. The molecule has 0 fully saturated rings. The van der Waals surface area contributed by atoms with Gasteiger partial charge in [-0.15, -0.1) is 0 Å². The third kappa shape index (κ3) is 3.64. The molecule has 0 saturated heterocycles. The van der Waals surface area contributed by atoms with Crippen molar-refractivity contribution in [1.29, 1.82) is 0 Å². The minimum absolute atomic E-state index is 0. The standard InChI is InChI=1S/C15H16NO2.BrH/c1-12-7-5-6-10-16(12)11-14(17)13-8-3-4-9-15(13)18-2;/h3-10H,11H2,1-2H3;1H/q+1;/p-1. The van der Waals surface area contributed by atoms with E-state index in [1.807, 2.05) is 48.0 Å². The average molecular weight is 322 g/mol. The van der Waals surface area contributed by atoms with Gasteiger partial charge in [-0.2, -0.15) is 4.57 Å². The van der Waals surface area contributed by atoms with Crippen LogP contribution in [0.4, 0.5) is 0 Å². The van der Waals surface area contributed by atoms with Gasteiger partial charge in [0.05, 0.1) is 12.7 Å². The summed E-state index contributed by atoms with van der Waals surface area (Å²) in [6, 6.07) is 13.2. The summed E-state index contributed by atoms with van der Waals surface area (Å²) in [6.45, 7) is 2.31. The van der Waals surface area contributed by atoms with Crippen molar-refractivity contribution in [1.82, 2.24) is 0 Å². The highest BCUT2D eigenvalue weighted by Crippen LogP contribution is 2.17. The van der Waals surface area contributed by atoms with Crippen molar-refractivity contribution in [3.8, 4) is 5.75 Å². The fourth-order valence-corrected chi connectivity index (χ4v) is 1.85. The van der Waals surface area contributed by atoms with E-state index < -0.39 is 0 Å². The molecule has 0 aliphatic carbocycles. The van der Waals surface area contributed by atoms with Crippen LogP contribution in [-0.2, 0) is 6.54 Å². The van der Waals surface area contributed by atoms with E-state index in [0.717, 1.165) is 5.69 Å². The molecule has 19 heavy (non-hydrogen) atoms. The molecular weight excluding hydrogens is 306 g/mol. The maximum Gasteiger partial charge on any atom is 0.231 e. The van der Waals surface area contributed by atoms with Crippen LogP contribution < -0.4 is 26.3 Å². The normalized spacial score (nSPS) is 9.58. The zero-order chi connectivity index (χ0) is 13.0. The first kappa shape index (κ1) is 15.4. The minimum Gasteiger partial charge on any atom is -1.00 e. The quantitative estimate of drug-likeness (QED) is 0.544. The fraction of sp³-hybridized carbons (Fsp3) is 0.200. The number of nitrogens with zero attached hydrogens (tertiary/aromatic N) is 1. The number of hydrogen-bond acceptors (Lipinski definition) is 2. The molecule has 3 nitrogen and oxygen atoms in total. The van der Waals surface area contributed by atoms with E-state index in [4.69, 9.17) is 4.74 Å². The zero-order valence-electron chi connectivity index (χ0n) is 11.0. The molecule has 1 aromatic carbocycles. The maximum atomic E-state index is 12.2. The second-order valence-corrected chi connectivity index (χ2v) is 4.09. The molecular formula is C15H16BrNO2. The molecule has 2 aromatic rings. The number of hydrogen-bond donors (Lipinski definition) is 0. The highest BCUT2D eigenvalue weighted by atomic mass is 79.9. The Morgan fingerprint density at radius 2 is 1.84 bits per heavy atom. The first-order chi connectivity index (χ1) is 8.72. The van der Waals surface area contributed by atoms with Crippen molar-refractivity contribution >= 4 is 5.78 Å². The number of Topliss-reactive ketones (excluding diaryl/α,β-unsaturated/α-hetero) is 1. The monoisotopic (exact) mass is 321 g/mol. The van der Waals surface area contributed by atoms with Gasteiger partial charge in [0.25, 0.3) is 0 Å². The molecule has 0 atom stereocenters. The van der Waals surface area contributed by atoms with Gasteiger partial charge in [-0.25, -0.2) is 0 Å². The van der Waals surface area contributed by atoms with E-state index in [9.17, 15) is 4.79 Å². The van der Waals surface area contributed by atoms with Crippen molar-refractivity contribution in [2.75, 3.05) is 7.11 Å². The van der Waals surface area contributed by atoms with Crippen LogP contribution in [0.5, 0.6) is 5.75 Å². The fourth-order valence-electron chi connectivity index (χ4n) is 1.85. The topological polar surface area (TPSA) is 30.2 Å². The van der Waals surface area contributed by atoms with Crippen LogP contribution in [0.1, 0.15) is 16.1 Å². The number of aromatic nitrogens is 1. The van der Waals surface area contributed by atoms with E-state index in [1.54, 1.807) is 19.2 Å². The van der Waals surface area contributed by atoms with Crippen LogP contribution in [0.15, 0.2) is 48.7 Å². The van der Waals surface area contributed by atoms with Crippen LogP contribution in [-0.4, -0.2) is 12.9 Å². The maximum absolute atomic E-state index is 12.2. The number of ether oxygens (including phenoxy) is 1. The Labute approximate surface area is 123 Å². The van der Waals surface area contributed by atoms with E-state index in [0.29, 0.717) is 17.9 Å². The molecule has 0 amide bonds. The van der Waals surface area contributed by atoms with Gasteiger partial charge in [0, 0.05) is 19.1 Å². The molecule has 100 valence electrons. The van der Waals surface area contributed by atoms with E-state index in [-0.39, 0.29) is 22.8 Å². The minimum atomic E-state index is 0. The lowest BCUT2D eigenvalue weighted by atomic mass is 10.1. The number of methoxy groups -OCH3 is 1. The van der Waals surface area contributed by atoms with E-state index in [2.05, 4.69) is 0 Å². The van der Waals surface area contributed by atoms with Crippen LogP contribution in [0.25, 0.3) is 0 Å². The molecule has 0 aliphatic heterocycles. The Bertz CT molecular complexity index is 570. The second kappa shape index (κ2) is 7.04. The molecule has 0 aliphatic rings. The van der Waals surface area contributed by atoms with Gasteiger partial charge < -0.3 is 21.7 Å². The van der Waals surface area contributed by atoms with Gasteiger partial charge in [0.15, 0.2) is 11.9 Å². The molecule has 1 aromatic heterocycles. The van der Waals surface area contributed by atoms with Crippen LogP contribution in [0.2, 0.25) is 0 Å². The van der Waals surface area contributed by atoms with E-state index in [1.165, 1.54) is 0 Å². The lowest BCUT2D eigenvalue weighted by Crippen LogP contribution is -3.00. The molecule has 0 spiro atoms. The summed E-state index contributed by atoms with van der Waals surface area (Å²) in [6.07, 6.45) is 1.91. The largest absolute Gasteiger partial charge is 1.00 e. The van der Waals surface area contributed by atoms with Crippen LogP contribution in [0, 0.1) is 6.92 Å². The SMILES string of the molecule is COc1ccccc1C(=O)C[n+]1ccccc1C.[Br-]. The second-order valence-electron chi connectivity index (χ2n) is 4.09. The summed E-state index contributed by atoms with van der Waals surface area (Å²) in [7, 11) is 1.58. The van der Waals surface area contributed by atoms with Gasteiger partial charge in [-0.3, -0.25) is 4.79 Å². The number of para-hydroxylation sites is 1. The molecule has 0 saturated carbocycles. The van der Waals surface area contributed by atoms with Crippen LogP contribution in [0.3, 0.4) is 0 Å². The van der Waals surface area contributed by atoms with E-state index >= 15 is 0 Å². The Balaban J connectivity index is 0.00000180. The summed E-state index contributed by atoms with van der Waals surface area (Å²) in [5, 5.41) is 0. The number of halogens is 1. The van der Waals surface area contributed by atoms with Crippen LogP contribution >= 0.6 is 0 Å². The lowest BCUT2D eigenvalue weighted by molar-refractivity contribution is -0.689. The highest BCUT2D eigenvalue weighted by molar-refractivity contribution is 5.97.